The van der Waals surface area contributed by atoms with Gasteiger partial charge in [0.05, 0.1) is 18.1 Å². The fourth-order valence-corrected chi connectivity index (χ4v) is 2.65. The number of sulfonamides is 1. The number of aromatic amines is 2. The van der Waals surface area contributed by atoms with E-state index in [1.54, 1.807) is 0 Å². The van der Waals surface area contributed by atoms with Gasteiger partial charge < -0.3 is 5.32 Å². The molecular formula is C10H16N6O2S. The van der Waals surface area contributed by atoms with E-state index in [4.69, 9.17) is 0 Å². The fourth-order valence-electron chi connectivity index (χ4n) is 1.48. The van der Waals surface area contributed by atoms with Gasteiger partial charge in [0.25, 0.3) is 10.0 Å². The van der Waals surface area contributed by atoms with Gasteiger partial charge in [0.1, 0.15) is 0 Å². The zero-order valence-electron chi connectivity index (χ0n) is 10.6. The van der Waals surface area contributed by atoms with Gasteiger partial charge in [0, 0.05) is 24.3 Å². The molecule has 2 aromatic rings. The molecule has 0 aliphatic heterocycles. The first-order chi connectivity index (χ1) is 8.99. The van der Waals surface area contributed by atoms with Gasteiger partial charge in [-0.05, 0) is 0 Å². The topological polar surface area (TPSA) is 116 Å². The van der Waals surface area contributed by atoms with Crippen LogP contribution >= 0.6 is 0 Å². The molecule has 0 bridgehead atoms. The van der Waals surface area contributed by atoms with Crippen LogP contribution in [0.2, 0.25) is 0 Å². The van der Waals surface area contributed by atoms with Crippen LogP contribution in [0.3, 0.4) is 0 Å². The Balaban J connectivity index is 2.19. The second kappa shape index (κ2) is 5.41. The molecule has 2 heterocycles. The standard InChI is InChI=1S/C10H16N6O2S/c1-7(2)11-3-8-4-14-15-10(8)19(17,18)16-9-5-12-13-6-9/h4-7,11,16H,3H2,1-2H3,(H,12,13)(H,14,15). The maximum absolute atomic E-state index is 12.2. The molecule has 0 spiro atoms. The van der Waals surface area contributed by atoms with Crippen LogP contribution in [0.1, 0.15) is 19.4 Å². The third-order valence-corrected chi connectivity index (χ3v) is 3.79. The molecule has 0 fully saturated rings. The average Bonchev–Trinajstić information content (AvgIpc) is 2.95. The van der Waals surface area contributed by atoms with E-state index in [1.807, 2.05) is 13.8 Å². The van der Waals surface area contributed by atoms with Crippen LogP contribution in [0.5, 0.6) is 0 Å². The van der Waals surface area contributed by atoms with Crippen molar-refractivity contribution in [3.63, 3.8) is 0 Å². The molecular weight excluding hydrogens is 268 g/mol. The highest BCUT2D eigenvalue weighted by molar-refractivity contribution is 7.92. The van der Waals surface area contributed by atoms with Gasteiger partial charge >= 0.3 is 0 Å². The molecule has 0 saturated carbocycles. The first-order valence-corrected chi connectivity index (χ1v) is 7.24. The van der Waals surface area contributed by atoms with E-state index in [9.17, 15) is 8.42 Å². The van der Waals surface area contributed by atoms with E-state index >= 15 is 0 Å². The molecule has 2 aromatic heterocycles. The first-order valence-electron chi connectivity index (χ1n) is 5.76. The number of nitrogens with zero attached hydrogens (tertiary/aromatic N) is 2. The Morgan fingerprint density at radius 1 is 1.32 bits per heavy atom. The van der Waals surface area contributed by atoms with E-state index in [-0.39, 0.29) is 11.1 Å². The number of hydrogen-bond donors (Lipinski definition) is 4. The number of rotatable bonds is 6. The molecule has 0 aliphatic rings. The minimum Gasteiger partial charge on any atom is -0.310 e. The molecule has 0 aliphatic carbocycles. The lowest BCUT2D eigenvalue weighted by atomic mass is 10.3. The molecule has 0 radical (unpaired) electrons. The molecule has 4 N–H and O–H groups in total. The van der Waals surface area contributed by atoms with Crippen LogP contribution in [0.4, 0.5) is 5.69 Å². The molecule has 0 aromatic carbocycles. The van der Waals surface area contributed by atoms with E-state index in [1.165, 1.54) is 18.6 Å². The van der Waals surface area contributed by atoms with Crippen LogP contribution < -0.4 is 10.0 Å². The lowest BCUT2D eigenvalue weighted by Crippen LogP contribution is -2.23. The summed E-state index contributed by atoms with van der Waals surface area (Å²) in [5, 5.41) is 15.7. The predicted octanol–water partition coefficient (Wildman–Crippen LogP) is 0.432. The maximum atomic E-state index is 12.2. The van der Waals surface area contributed by atoms with Crippen molar-refractivity contribution in [3.05, 3.63) is 24.2 Å². The summed E-state index contributed by atoms with van der Waals surface area (Å²) in [6.07, 6.45) is 4.35. The minimum atomic E-state index is -3.69. The van der Waals surface area contributed by atoms with Gasteiger partial charge in [-0.1, -0.05) is 13.8 Å². The molecule has 2 rings (SSSR count). The zero-order valence-corrected chi connectivity index (χ0v) is 11.5. The second-order valence-corrected chi connectivity index (χ2v) is 5.97. The van der Waals surface area contributed by atoms with Gasteiger partial charge in [-0.15, -0.1) is 0 Å². The average molecular weight is 284 g/mol. The SMILES string of the molecule is CC(C)NCc1cn[nH]c1S(=O)(=O)Nc1cn[nH]c1. The normalized spacial score (nSPS) is 11.9. The van der Waals surface area contributed by atoms with Crippen molar-refractivity contribution in [2.24, 2.45) is 0 Å². The summed E-state index contributed by atoms with van der Waals surface area (Å²) in [4.78, 5) is 0. The molecule has 0 amide bonds. The predicted molar refractivity (Wildman–Crippen MR) is 70.0 cm³/mol. The Morgan fingerprint density at radius 3 is 2.74 bits per heavy atom. The van der Waals surface area contributed by atoms with Crippen molar-refractivity contribution in [1.82, 2.24) is 25.7 Å². The summed E-state index contributed by atoms with van der Waals surface area (Å²) in [5.74, 6) is 0. The van der Waals surface area contributed by atoms with Crippen molar-refractivity contribution in [3.8, 4) is 0 Å². The Morgan fingerprint density at radius 2 is 2.11 bits per heavy atom. The first kappa shape index (κ1) is 13.6. The number of anilines is 1. The Labute approximate surface area is 111 Å². The van der Waals surface area contributed by atoms with Crippen molar-refractivity contribution < 1.29 is 8.42 Å². The van der Waals surface area contributed by atoms with Gasteiger partial charge in [0.15, 0.2) is 5.03 Å². The fraction of sp³-hybridized carbons (Fsp3) is 0.400. The largest absolute Gasteiger partial charge is 0.310 e. The number of H-pyrrole nitrogens is 2. The highest BCUT2D eigenvalue weighted by Gasteiger charge is 2.21. The number of aromatic nitrogens is 4. The maximum Gasteiger partial charge on any atom is 0.279 e. The Kier molecular flexibility index (Phi) is 3.86. The van der Waals surface area contributed by atoms with E-state index < -0.39 is 10.0 Å². The van der Waals surface area contributed by atoms with Crippen LogP contribution in [0, 0.1) is 0 Å². The second-order valence-electron chi connectivity index (χ2n) is 4.35. The quantitative estimate of drug-likeness (QED) is 0.614. The minimum absolute atomic E-state index is 0.0573. The summed E-state index contributed by atoms with van der Waals surface area (Å²) in [6.45, 7) is 4.39. The molecule has 0 atom stereocenters. The van der Waals surface area contributed by atoms with E-state index in [2.05, 4.69) is 30.4 Å². The highest BCUT2D eigenvalue weighted by Crippen LogP contribution is 2.16. The molecule has 19 heavy (non-hydrogen) atoms. The van der Waals surface area contributed by atoms with Crippen LogP contribution in [-0.2, 0) is 16.6 Å². The summed E-state index contributed by atoms with van der Waals surface area (Å²) in [6, 6.07) is 0.257. The van der Waals surface area contributed by atoms with Crippen LogP contribution in [-0.4, -0.2) is 34.9 Å². The van der Waals surface area contributed by atoms with Crippen molar-refractivity contribution in [2.75, 3.05) is 4.72 Å². The Bertz CT molecular complexity index is 616. The van der Waals surface area contributed by atoms with Crippen LogP contribution in [0.15, 0.2) is 23.6 Å². The van der Waals surface area contributed by atoms with Gasteiger partial charge in [0.2, 0.25) is 0 Å². The van der Waals surface area contributed by atoms with Crippen LogP contribution in [0.25, 0.3) is 0 Å². The van der Waals surface area contributed by atoms with Gasteiger partial charge in [-0.3, -0.25) is 14.9 Å². The molecule has 0 saturated heterocycles. The van der Waals surface area contributed by atoms with Crippen molar-refractivity contribution in [2.45, 2.75) is 31.5 Å². The monoisotopic (exact) mass is 284 g/mol. The third kappa shape index (κ3) is 3.32. The zero-order chi connectivity index (χ0) is 13.9. The highest BCUT2D eigenvalue weighted by atomic mass is 32.2. The lowest BCUT2D eigenvalue weighted by molar-refractivity contribution is 0.574. The number of nitrogens with one attached hydrogen (secondary N) is 4. The smallest absolute Gasteiger partial charge is 0.279 e. The summed E-state index contributed by atoms with van der Waals surface area (Å²) in [5.41, 5.74) is 0.960. The van der Waals surface area contributed by atoms with Gasteiger partial charge in [-0.2, -0.15) is 18.6 Å². The number of hydrogen-bond acceptors (Lipinski definition) is 5. The molecule has 9 heteroatoms. The van der Waals surface area contributed by atoms with E-state index in [0.717, 1.165) is 0 Å². The third-order valence-electron chi connectivity index (χ3n) is 2.40. The summed E-state index contributed by atoms with van der Waals surface area (Å²) < 4.78 is 26.8. The molecule has 8 nitrogen and oxygen atoms in total. The Hall–Kier alpha value is -1.87. The molecule has 104 valence electrons. The van der Waals surface area contributed by atoms with Crippen molar-refractivity contribution >= 4 is 15.7 Å². The van der Waals surface area contributed by atoms with Gasteiger partial charge in [-0.25, -0.2) is 0 Å². The van der Waals surface area contributed by atoms with Crippen molar-refractivity contribution in [1.29, 1.82) is 0 Å². The lowest BCUT2D eigenvalue weighted by Gasteiger charge is -2.09. The summed E-state index contributed by atoms with van der Waals surface area (Å²) in [7, 11) is -3.69. The molecule has 0 unspecified atom stereocenters. The summed E-state index contributed by atoms with van der Waals surface area (Å²) >= 11 is 0. The van der Waals surface area contributed by atoms with E-state index in [0.29, 0.717) is 17.8 Å².